The highest BCUT2D eigenvalue weighted by Gasteiger charge is 2.03. The van der Waals surface area contributed by atoms with Gasteiger partial charge in [0.05, 0.1) is 0 Å². The third-order valence-electron chi connectivity index (χ3n) is 3.04. The summed E-state index contributed by atoms with van der Waals surface area (Å²) in [6, 6.07) is 8.12. The lowest BCUT2D eigenvalue weighted by Crippen LogP contribution is -2.29. The third kappa shape index (κ3) is 4.57. The summed E-state index contributed by atoms with van der Waals surface area (Å²) in [4.78, 5) is 11.0. The molecule has 0 saturated heterocycles. The summed E-state index contributed by atoms with van der Waals surface area (Å²) >= 11 is 0. The summed E-state index contributed by atoms with van der Waals surface area (Å²) in [7, 11) is 0. The first-order valence-electron chi connectivity index (χ1n) is 6.29. The Balaban J connectivity index is 2.46. The molecule has 1 aromatic rings. The molecule has 3 N–H and O–H groups in total. The van der Waals surface area contributed by atoms with Crippen LogP contribution in [-0.2, 0) is 6.42 Å². The average molecular weight is 234 g/mol. The highest BCUT2D eigenvalue weighted by atomic mass is 16.1. The predicted molar refractivity (Wildman–Crippen MR) is 71.0 cm³/mol. The predicted octanol–water partition coefficient (Wildman–Crippen LogP) is 2.11. The maximum Gasteiger partial charge on any atom is 0.248 e. The Morgan fingerprint density at radius 1 is 1.35 bits per heavy atom. The van der Waals surface area contributed by atoms with Crippen LogP contribution in [0.5, 0.6) is 0 Å². The van der Waals surface area contributed by atoms with Crippen molar-refractivity contribution < 1.29 is 4.79 Å². The van der Waals surface area contributed by atoms with E-state index in [9.17, 15) is 4.79 Å². The molecular formula is C14H22N2O. The minimum atomic E-state index is -0.361. The molecule has 0 aromatic heterocycles. The van der Waals surface area contributed by atoms with Crippen LogP contribution in [0.2, 0.25) is 0 Å². The number of benzene rings is 1. The summed E-state index contributed by atoms with van der Waals surface area (Å²) in [5.41, 5.74) is 6.99. The molecule has 0 heterocycles. The van der Waals surface area contributed by atoms with Crippen molar-refractivity contribution in [3.8, 4) is 0 Å². The molecule has 0 aliphatic rings. The number of nitrogens with one attached hydrogen (secondary N) is 1. The fourth-order valence-electron chi connectivity index (χ4n) is 1.88. The molecule has 3 nitrogen and oxygen atoms in total. The minimum absolute atomic E-state index is 0.361. The van der Waals surface area contributed by atoms with Gasteiger partial charge in [-0.3, -0.25) is 4.79 Å². The number of carbonyl (C=O) groups is 1. The average Bonchev–Trinajstić information content (AvgIpc) is 2.35. The first-order valence-corrected chi connectivity index (χ1v) is 6.29. The van der Waals surface area contributed by atoms with Gasteiger partial charge >= 0.3 is 0 Å². The van der Waals surface area contributed by atoms with Crippen LogP contribution in [-0.4, -0.2) is 18.5 Å². The Labute approximate surface area is 103 Å². The molecule has 0 aliphatic carbocycles. The van der Waals surface area contributed by atoms with Gasteiger partial charge in [0, 0.05) is 11.6 Å². The second kappa shape index (κ2) is 7.07. The van der Waals surface area contributed by atoms with Crippen molar-refractivity contribution in [3.05, 3.63) is 35.4 Å². The van der Waals surface area contributed by atoms with Crippen molar-refractivity contribution in [1.29, 1.82) is 0 Å². The van der Waals surface area contributed by atoms with Gasteiger partial charge in [-0.05, 0) is 43.5 Å². The summed E-state index contributed by atoms with van der Waals surface area (Å²) in [6.45, 7) is 5.32. The van der Waals surface area contributed by atoms with Crippen LogP contribution in [0.15, 0.2) is 24.3 Å². The minimum Gasteiger partial charge on any atom is -0.366 e. The number of rotatable bonds is 7. The summed E-state index contributed by atoms with van der Waals surface area (Å²) in [5.74, 6) is -0.361. The van der Waals surface area contributed by atoms with Gasteiger partial charge < -0.3 is 11.1 Å². The van der Waals surface area contributed by atoms with E-state index in [1.54, 1.807) is 6.07 Å². The highest BCUT2D eigenvalue weighted by Crippen LogP contribution is 2.05. The zero-order chi connectivity index (χ0) is 12.7. The number of carbonyl (C=O) groups excluding carboxylic acids is 1. The second-order valence-corrected chi connectivity index (χ2v) is 4.28. The standard InChI is InChI=1S/C14H22N2O/c1-3-13(4-2)16-9-8-11-6-5-7-12(10-11)14(15)17/h5-7,10,13,16H,3-4,8-9H2,1-2H3,(H2,15,17). The fraction of sp³-hybridized carbons (Fsp3) is 0.500. The molecule has 1 rings (SSSR count). The van der Waals surface area contributed by atoms with Crippen molar-refractivity contribution in [1.82, 2.24) is 5.32 Å². The zero-order valence-corrected chi connectivity index (χ0v) is 10.7. The molecule has 1 amide bonds. The first-order chi connectivity index (χ1) is 8.17. The van der Waals surface area contributed by atoms with Gasteiger partial charge in [-0.15, -0.1) is 0 Å². The van der Waals surface area contributed by atoms with Gasteiger partial charge in [0.15, 0.2) is 0 Å². The third-order valence-corrected chi connectivity index (χ3v) is 3.04. The lowest BCUT2D eigenvalue weighted by atomic mass is 10.1. The van der Waals surface area contributed by atoms with Crippen LogP contribution >= 0.6 is 0 Å². The van der Waals surface area contributed by atoms with Crippen LogP contribution in [0.3, 0.4) is 0 Å². The van der Waals surface area contributed by atoms with Crippen molar-refractivity contribution in [2.24, 2.45) is 5.73 Å². The van der Waals surface area contributed by atoms with Crippen molar-refractivity contribution in [3.63, 3.8) is 0 Å². The highest BCUT2D eigenvalue weighted by molar-refractivity contribution is 5.92. The number of hydrogen-bond donors (Lipinski definition) is 2. The summed E-state index contributed by atoms with van der Waals surface area (Å²) in [5, 5.41) is 3.50. The summed E-state index contributed by atoms with van der Waals surface area (Å²) in [6.07, 6.45) is 3.23. The van der Waals surface area contributed by atoms with Crippen molar-refractivity contribution in [2.45, 2.75) is 39.2 Å². The molecule has 0 unspecified atom stereocenters. The zero-order valence-electron chi connectivity index (χ0n) is 10.7. The van der Waals surface area contributed by atoms with E-state index in [4.69, 9.17) is 5.73 Å². The smallest absolute Gasteiger partial charge is 0.248 e. The lowest BCUT2D eigenvalue weighted by molar-refractivity contribution is 0.1000. The largest absolute Gasteiger partial charge is 0.366 e. The topological polar surface area (TPSA) is 55.1 Å². The molecule has 1 aromatic carbocycles. The molecule has 94 valence electrons. The Morgan fingerprint density at radius 2 is 2.06 bits per heavy atom. The lowest BCUT2D eigenvalue weighted by Gasteiger charge is -2.14. The van der Waals surface area contributed by atoms with E-state index >= 15 is 0 Å². The molecule has 0 spiro atoms. The van der Waals surface area contributed by atoms with Crippen LogP contribution in [0.4, 0.5) is 0 Å². The molecule has 0 fully saturated rings. The molecular weight excluding hydrogens is 212 g/mol. The monoisotopic (exact) mass is 234 g/mol. The quantitative estimate of drug-likeness (QED) is 0.759. The van der Waals surface area contributed by atoms with Crippen molar-refractivity contribution >= 4 is 5.91 Å². The first kappa shape index (κ1) is 13.7. The Bertz CT molecular complexity index is 359. The van der Waals surface area contributed by atoms with Gasteiger partial charge in [-0.1, -0.05) is 26.0 Å². The molecule has 17 heavy (non-hydrogen) atoms. The van der Waals surface area contributed by atoms with E-state index in [0.717, 1.165) is 31.4 Å². The number of amides is 1. The van der Waals surface area contributed by atoms with E-state index in [1.165, 1.54) is 0 Å². The second-order valence-electron chi connectivity index (χ2n) is 4.28. The van der Waals surface area contributed by atoms with E-state index in [2.05, 4.69) is 19.2 Å². The van der Waals surface area contributed by atoms with Gasteiger partial charge in [0.1, 0.15) is 0 Å². The fourth-order valence-corrected chi connectivity index (χ4v) is 1.88. The Kier molecular flexibility index (Phi) is 5.70. The summed E-state index contributed by atoms with van der Waals surface area (Å²) < 4.78 is 0. The van der Waals surface area contributed by atoms with Crippen LogP contribution < -0.4 is 11.1 Å². The normalized spacial score (nSPS) is 10.8. The molecule has 0 saturated carbocycles. The van der Waals surface area contributed by atoms with E-state index in [1.807, 2.05) is 18.2 Å². The van der Waals surface area contributed by atoms with Crippen LogP contribution in [0, 0.1) is 0 Å². The number of hydrogen-bond acceptors (Lipinski definition) is 2. The molecule has 0 aliphatic heterocycles. The number of primary amides is 1. The molecule has 0 radical (unpaired) electrons. The maximum atomic E-state index is 11.0. The molecule has 0 atom stereocenters. The van der Waals surface area contributed by atoms with E-state index in [0.29, 0.717) is 11.6 Å². The van der Waals surface area contributed by atoms with E-state index in [-0.39, 0.29) is 5.91 Å². The Hall–Kier alpha value is -1.35. The van der Waals surface area contributed by atoms with Gasteiger partial charge in [-0.25, -0.2) is 0 Å². The SMILES string of the molecule is CCC(CC)NCCc1cccc(C(N)=O)c1. The Morgan fingerprint density at radius 3 is 2.65 bits per heavy atom. The molecule has 0 bridgehead atoms. The van der Waals surface area contributed by atoms with Gasteiger partial charge in [-0.2, -0.15) is 0 Å². The van der Waals surface area contributed by atoms with Crippen LogP contribution in [0.1, 0.15) is 42.6 Å². The van der Waals surface area contributed by atoms with E-state index < -0.39 is 0 Å². The van der Waals surface area contributed by atoms with Crippen molar-refractivity contribution in [2.75, 3.05) is 6.54 Å². The molecule has 3 heteroatoms. The van der Waals surface area contributed by atoms with Gasteiger partial charge in [0.2, 0.25) is 5.91 Å². The van der Waals surface area contributed by atoms with Gasteiger partial charge in [0.25, 0.3) is 0 Å². The number of nitrogens with two attached hydrogens (primary N) is 1. The van der Waals surface area contributed by atoms with Crippen LogP contribution in [0.25, 0.3) is 0 Å². The maximum absolute atomic E-state index is 11.0.